The Labute approximate surface area is 120 Å². The maximum Gasteiger partial charge on any atom is 0.313 e. The fourth-order valence-corrected chi connectivity index (χ4v) is 2.49. The third-order valence-electron chi connectivity index (χ3n) is 3.70. The first kappa shape index (κ1) is 13.0. The van der Waals surface area contributed by atoms with Crippen LogP contribution in [0.1, 0.15) is 30.7 Å². The topological polar surface area (TPSA) is 68.9 Å². The van der Waals surface area contributed by atoms with Crippen molar-refractivity contribution in [2.75, 3.05) is 0 Å². The lowest BCUT2D eigenvalue weighted by molar-refractivity contribution is -0.384. The predicted molar refractivity (Wildman–Crippen MR) is 75.7 cm³/mol. The van der Waals surface area contributed by atoms with E-state index in [1.54, 1.807) is 0 Å². The average Bonchev–Trinajstić information content (AvgIpc) is 2.37. The number of nitrogens with zero attached hydrogens (tertiary/aromatic N) is 3. The number of hydrogen-bond acceptors (Lipinski definition) is 4. The Morgan fingerprint density at radius 3 is 2.50 bits per heavy atom. The highest BCUT2D eigenvalue weighted by Crippen LogP contribution is 2.37. The smallest absolute Gasteiger partial charge is 0.258 e. The molecule has 1 heterocycles. The summed E-state index contributed by atoms with van der Waals surface area (Å²) in [6.45, 7) is 0. The van der Waals surface area contributed by atoms with E-state index in [1.807, 2.05) is 24.3 Å². The molecular weight excluding hydrogens is 278 g/mol. The number of benzene rings is 1. The van der Waals surface area contributed by atoms with Crippen molar-refractivity contribution in [3.63, 3.8) is 0 Å². The van der Waals surface area contributed by atoms with Crippen LogP contribution in [-0.4, -0.2) is 14.9 Å². The Kier molecular flexibility index (Phi) is 3.36. The second-order valence-corrected chi connectivity index (χ2v) is 5.22. The predicted octanol–water partition coefficient (Wildman–Crippen LogP) is 3.97. The van der Waals surface area contributed by atoms with Crippen LogP contribution in [-0.2, 0) is 0 Å². The molecule has 0 bridgehead atoms. The van der Waals surface area contributed by atoms with Crippen LogP contribution in [0.5, 0.6) is 0 Å². The highest BCUT2D eigenvalue weighted by molar-refractivity contribution is 6.28. The molecule has 1 aliphatic rings. The van der Waals surface area contributed by atoms with Gasteiger partial charge in [-0.3, -0.25) is 10.1 Å². The number of halogens is 1. The molecule has 0 atom stereocenters. The van der Waals surface area contributed by atoms with Gasteiger partial charge >= 0.3 is 5.69 Å². The van der Waals surface area contributed by atoms with E-state index in [0.717, 1.165) is 6.20 Å². The molecular formula is C14H12ClN3O2. The van der Waals surface area contributed by atoms with E-state index in [2.05, 4.69) is 9.97 Å². The van der Waals surface area contributed by atoms with Crippen LogP contribution in [0.3, 0.4) is 0 Å². The van der Waals surface area contributed by atoms with E-state index >= 15 is 0 Å². The fraction of sp³-hybridized carbons (Fsp3) is 0.286. The number of aromatic nitrogens is 2. The Morgan fingerprint density at radius 1 is 1.25 bits per heavy atom. The lowest BCUT2D eigenvalue weighted by Crippen LogP contribution is -2.08. The van der Waals surface area contributed by atoms with Gasteiger partial charge in [0.15, 0.2) is 5.69 Å². The van der Waals surface area contributed by atoms with Gasteiger partial charge in [-0.15, -0.1) is 0 Å². The molecule has 0 radical (unpaired) electrons. The van der Waals surface area contributed by atoms with Gasteiger partial charge in [-0.2, -0.15) is 0 Å². The Morgan fingerprint density at radius 2 is 1.95 bits per heavy atom. The molecule has 6 heteroatoms. The molecule has 2 aromatic rings. The van der Waals surface area contributed by atoms with E-state index < -0.39 is 4.92 Å². The van der Waals surface area contributed by atoms with Gasteiger partial charge in [0, 0.05) is 5.56 Å². The first-order valence-electron chi connectivity index (χ1n) is 6.42. The highest BCUT2D eigenvalue weighted by Gasteiger charge is 2.21. The van der Waals surface area contributed by atoms with Gasteiger partial charge in [0.05, 0.1) is 4.92 Å². The summed E-state index contributed by atoms with van der Waals surface area (Å²) in [5.41, 5.74) is 2.09. The number of hydrogen-bond donors (Lipinski definition) is 0. The quantitative estimate of drug-likeness (QED) is 0.487. The molecule has 0 spiro atoms. The minimum atomic E-state index is -0.495. The maximum atomic E-state index is 11.0. The van der Waals surface area contributed by atoms with Gasteiger partial charge in [-0.05, 0) is 35.9 Å². The van der Waals surface area contributed by atoms with Crippen molar-refractivity contribution in [3.8, 4) is 11.3 Å². The number of nitro groups is 1. The molecule has 0 aliphatic heterocycles. The normalized spacial score (nSPS) is 14.8. The summed E-state index contributed by atoms with van der Waals surface area (Å²) in [5.74, 6) is 0.632. The zero-order chi connectivity index (χ0) is 14.1. The maximum absolute atomic E-state index is 11.0. The molecule has 1 aromatic carbocycles. The average molecular weight is 290 g/mol. The lowest BCUT2D eigenvalue weighted by atomic mass is 9.80. The van der Waals surface area contributed by atoms with E-state index in [0.29, 0.717) is 11.5 Å². The van der Waals surface area contributed by atoms with Gasteiger partial charge in [-0.1, -0.05) is 30.7 Å². The molecule has 1 aromatic heterocycles. The van der Waals surface area contributed by atoms with Crippen LogP contribution >= 0.6 is 11.6 Å². The zero-order valence-corrected chi connectivity index (χ0v) is 11.4. The Balaban J connectivity index is 1.99. The first-order chi connectivity index (χ1) is 9.65. The van der Waals surface area contributed by atoms with Crippen LogP contribution in [0, 0.1) is 10.1 Å². The summed E-state index contributed by atoms with van der Waals surface area (Å²) in [5, 5.41) is 11.0. The van der Waals surface area contributed by atoms with Gasteiger partial charge in [0.1, 0.15) is 6.20 Å². The van der Waals surface area contributed by atoms with Gasteiger partial charge < -0.3 is 0 Å². The summed E-state index contributed by atoms with van der Waals surface area (Å²) in [6.07, 6.45) is 4.86. The Bertz CT molecular complexity index is 654. The zero-order valence-electron chi connectivity index (χ0n) is 10.6. The van der Waals surface area contributed by atoms with Crippen molar-refractivity contribution in [3.05, 3.63) is 51.4 Å². The molecule has 3 rings (SSSR count). The van der Waals surface area contributed by atoms with E-state index in [4.69, 9.17) is 11.6 Å². The monoisotopic (exact) mass is 289 g/mol. The SMILES string of the molecule is O=[N+]([O-])c1cnc(Cl)nc1-c1ccc(C2CCC2)cc1. The molecule has 1 saturated carbocycles. The first-order valence-corrected chi connectivity index (χ1v) is 6.80. The molecule has 0 saturated heterocycles. The van der Waals surface area contributed by atoms with E-state index in [1.165, 1.54) is 24.8 Å². The second-order valence-electron chi connectivity index (χ2n) is 4.88. The summed E-state index contributed by atoms with van der Waals surface area (Å²) in [6, 6.07) is 7.75. The molecule has 102 valence electrons. The summed E-state index contributed by atoms with van der Waals surface area (Å²) in [7, 11) is 0. The fourth-order valence-electron chi connectivity index (χ4n) is 2.35. The van der Waals surface area contributed by atoms with Crippen molar-refractivity contribution in [1.82, 2.24) is 9.97 Å². The standard InChI is InChI=1S/C14H12ClN3O2/c15-14-16-8-12(18(19)20)13(17-14)11-6-4-10(5-7-11)9-2-1-3-9/h4-9H,1-3H2. The highest BCUT2D eigenvalue weighted by atomic mass is 35.5. The molecule has 0 N–H and O–H groups in total. The van der Waals surface area contributed by atoms with E-state index in [-0.39, 0.29) is 16.7 Å². The summed E-state index contributed by atoms with van der Waals surface area (Å²) < 4.78 is 0. The van der Waals surface area contributed by atoms with Crippen LogP contribution in [0.2, 0.25) is 5.28 Å². The molecule has 1 aliphatic carbocycles. The molecule has 20 heavy (non-hydrogen) atoms. The molecule has 0 amide bonds. The van der Waals surface area contributed by atoms with Crippen LogP contribution in [0.15, 0.2) is 30.5 Å². The van der Waals surface area contributed by atoms with E-state index in [9.17, 15) is 10.1 Å². The van der Waals surface area contributed by atoms with Crippen LogP contribution in [0.25, 0.3) is 11.3 Å². The van der Waals surface area contributed by atoms with Gasteiger partial charge in [-0.25, -0.2) is 9.97 Å². The molecule has 5 nitrogen and oxygen atoms in total. The Hall–Kier alpha value is -2.01. The summed E-state index contributed by atoms with van der Waals surface area (Å²) in [4.78, 5) is 18.2. The lowest BCUT2D eigenvalue weighted by Gasteiger charge is -2.25. The van der Waals surface area contributed by atoms with Crippen LogP contribution < -0.4 is 0 Å². The largest absolute Gasteiger partial charge is 0.313 e. The third-order valence-corrected chi connectivity index (χ3v) is 3.88. The molecule has 0 unspecified atom stereocenters. The minimum absolute atomic E-state index is 0.00803. The van der Waals surface area contributed by atoms with Gasteiger partial charge in [0.25, 0.3) is 0 Å². The second kappa shape index (κ2) is 5.17. The van der Waals surface area contributed by atoms with Crippen LogP contribution in [0.4, 0.5) is 5.69 Å². The van der Waals surface area contributed by atoms with Crippen molar-refractivity contribution in [1.29, 1.82) is 0 Å². The van der Waals surface area contributed by atoms with Crippen molar-refractivity contribution < 1.29 is 4.92 Å². The van der Waals surface area contributed by atoms with Gasteiger partial charge in [0.2, 0.25) is 5.28 Å². The minimum Gasteiger partial charge on any atom is -0.258 e. The van der Waals surface area contributed by atoms with Crippen molar-refractivity contribution in [2.24, 2.45) is 0 Å². The molecule has 1 fully saturated rings. The van der Waals surface area contributed by atoms with Crippen molar-refractivity contribution in [2.45, 2.75) is 25.2 Å². The third kappa shape index (κ3) is 2.36. The number of rotatable bonds is 3. The summed E-state index contributed by atoms with van der Waals surface area (Å²) >= 11 is 5.74. The van der Waals surface area contributed by atoms with Crippen molar-refractivity contribution >= 4 is 17.3 Å².